The Morgan fingerprint density at radius 2 is 1.95 bits per heavy atom. The molecular weight excluding hydrogens is 262 g/mol. The molecule has 1 aromatic carbocycles. The lowest BCUT2D eigenvalue weighted by Crippen LogP contribution is -2.12. The maximum Gasteiger partial charge on any atom is 0.161 e. The van der Waals surface area contributed by atoms with Gasteiger partial charge in [-0.25, -0.2) is 0 Å². The van der Waals surface area contributed by atoms with E-state index in [4.69, 9.17) is 9.47 Å². The van der Waals surface area contributed by atoms with Crippen LogP contribution >= 0.6 is 0 Å². The van der Waals surface area contributed by atoms with Crippen molar-refractivity contribution in [3.8, 4) is 11.5 Å². The predicted octanol–water partition coefficient (Wildman–Crippen LogP) is 4.32. The Morgan fingerprint density at radius 1 is 1.14 bits per heavy atom. The third-order valence-electron chi connectivity index (χ3n) is 3.35. The van der Waals surface area contributed by atoms with Crippen molar-refractivity contribution in [1.29, 1.82) is 0 Å². The number of rotatable bonds is 12. The van der Waals surface area contributed by atoms with Crippen LogP contribution in [0.15, 0.2) is 30.9 Å². The van der Waals surface area contributed by atoms with Crippen molar-refractivity contribution in [2.75, 3.05) is 20.3 Å². The molecule has 1 aromatic rings. The molecule has 0 unspecified atom stereocenters. The van der Waals surface area contributed by atoms with E-state index in [1.807, 2.05) is 18.2 Å². The number of methoxy groups -OCH3 is 1. The molecule has 0 radical (unpaired) electrons. The highest BCUT2D eigenvalue weighted by Crippen LogP contribution is 2.28. The third kappa shape index (κ3) is 7.19. The molecule has 0 fully saturated rings. The van der Waals surface area contributed by atoms with Crippen LogP contribution < -0.4 is 14.8 Å². The quantitative estimate of drug-likeness (QED) is 0.459. The van der Waals surface area contributed by atoms with Gasteiger partial charge >= 0.3 is 0 Å². The van der Waals surface area contributed by atoms with Crippen LogP contribution in [0.2, 0.25) is 0 Å². The fraction of sp³-hybridized carbons (Fsp3) is 0.556. The van der Waals surface area contributed by atoms with Crippen LogP contribution in [0.25, 0.3) is 0 Å². The van der Waals surface area contributed by atoms with Gasteiger partial charge in [-0.3, -0.25) is 0 Å². The lowest BCUT2D eigenvalue weighted by Gasteiger charge is -2.12. The summed E-state index contributed by atoms with van der Waals surface area (Å²) >= 11 is 0. The second-order valence-electron chi connectivity index (χ2n) is 5.17. The monoisotopic (exact) mass is 291 g/mol. The first-order valence-corrected chi connectivity index (χ1v) is 7.93. The summed E-state index contributed by atoms with van der Waals surface area (Å²) in [7, 11) is 1.68. The zero-order chi connectivity index (χ0) is 15.3. The molecule has 3 nitrogen and oxygen atoms in total. The summed E-state index contributed by atoms with van der Waals surface area (Å²) < 4.78 is 11.2. The minimum absolute atomic E-state index is 0.758. The van der Waals surface area contributed by atoms with E-state index in [2.05, 4.69) is 24.9 Å². The predicted molar refractivity (Wildman–Crippen MR) is 89.2 cm³/mol. The van der Waals surface area contributed by atoms with Crippen molar-refractivity contribution < 1.29 is 9.47 Å². The van der Waals surface area contributed by atoms with Crippen LogP contribution in [0.5, 0.6) is 11.5 Å². The largest absolute Gasteiger partial charge is 0.493 e. The Balaban J connectivity index is 2.41. The minimum Gasteiger partial charge on any atom is -0.493 e. The first kappa shape index (κ1) is 17.6. The van der Waals surface area contributed by atoms with E-state index < -0.39 is 0 Å². The molecule has 0 aliphatic heterocycles. The molecule has 0 aliphatic rings. The van der Waals surface area contributed by atoms with Gasteiger partial charge in [0, 0.05) is 13.1 Å². The van der Waals surface area contributed by atoms with Crippen molar-refractivity contribution in [2.24, 2.45) is 0 Å². The lowest BCUT2D eigenvalue weighted by atomic mass is 10.1. The van der Waals surface area contributed by atoms with Gasteiger partial charge in [0.05, 0.1) is 13.7 Å². The SMILES string of the molecule is C=CCNCc1ccc(OCCCCCCC)c(OC)c1. The molecule has 3 heteroatoms. The van der Waals surface area contributed by atoms with Crippen LogP contribution in [-0.4, -0.2) is 20.3 Å². The minimum atomic E-state index is 0.758. The first-order valence-electron chi connectivity index (χ1n) is 7.93. The average Bonchev–Trinajstić information content (AvgIpc) is 2.51. The summed E-state index contributed by atoms with van der Waals surface area (Å²) in [6.07, 6.45) is 8.08. The van der Waals surface area contributed by atoms with Gasteiger partial charge in [-0.2, -0.15) is 0 Å². The molecule has 0 aliphatic carbocycles. The number of hydrogen-bond donors (Lipinski definition) is 1. The van der Waals surface area contributed by atoms with Gasteiger partial charge in [0.2, 0.25) is 0 Å². The Kier molecular flexibility index (Phi) is 9.38. The molecule has 0 bridgehead atoms. The van der Waals surface area contributed by atoms with Crippen LogP contribution in [0, 0.1) is 0 Å². The molecule has 0 amide bonds. The first-order chi connectivity index (χ1) is 10.3. The number of nitrogens with one attached hydrogen (secondary N) is 1. The highest BCUT2D eigenvalue weighted by Gasteiger charge is 2.05. The van der Waals surface area contributed by atoms with Crippen molar-refractivity contribution in [1.82, 2.24) is 5.32 Å². The van der Waals surface area contributed by atoms with Gasteiger partial charge < -0.3 is 14.8 Å². The van der Waals surface area contributed by atoms with E-state index in [0.29, 0.717) is 0 Å². The third-order valence-corrected chi connectivity index (χ3v) is 3.35. The zero-order valence-corrected chi connectivity index (χ0v) is 13.5. The average molecular weight is 291 g/mol. The van der Waals surface area contributed by atoms with Crippen molar-refractivity contribution in [3.63, 3.8) is 0 Å². The van der Waals surface area contributed by atoms with Gasteiger partial charge in [-0.15, -0.1) is 6.58 Å². The van der Waals surface area contributed by atoms with E-state index in [1.165, 1.54) is 31.2 Å². The van der Waals surface area contributed by atoms with Crippen molar-refractivity contribution >= 4 is 0 Å². The van der Waals surface area contributed by atoms with Crippen molar-refractivity contribution in [2.45, 2.75) is 45.6 Å². The Hall–Kier alpha value is -1.48. The summed E-state index contributed by atoms with van der Waals surface area (Å²) in [5.41, 5.74) is 1.18. The fourth-order valence-corrected chi connectivity index (χ4v) is 2.15. The lowest BCUT2D eigenvalue weighted by molar-refractivity contribution is 0.284. The summed E-state index contributed by atoms with van der Waals surface area (Å²) in [6.45, 7) is 8.29. The van der Waals surface area contributed by atoms with Crippen LogP contribution in [0.3, 0.4) is 0 Å². The van der Waals surface area contributed by atoms with E-state index >= 15 is 0 Å². The second kappa shape index (κ2) is 11.2. The summed E-state index contributed by atoms with van der Waals surface area (Å²) in [5.74, 6) is 1.64. The fourth-order valence-electron chi connectivity index (χ4n) is 2.15. The second-order valence-corrected chi connectivity index (χ2v) is 5.17. The molecule has 1 N–H and O–H groups in total. The summed E-state index contributed by atoms with van der Waals surface area (Å²) in [5, 5.41) is 3.28. The number of benzene rings is 1. The molecule has 0 spiro atoms. The van der Waals surface area contributed by atoms with Crippen LogP contribution in [0.4, 0.5) is 0 Å². The Morgan fingerprint density at radius 3 is 2.67 bits per heavy atom. The Bertz CT molecular complexity index is 404. The Labute approximate surface area is 129 Å². The molecular formula is C18H29NO2. The summed E-state index contributed by atoms with van der Waals surface area (Å²) in [6, 6.07) is 6.10. The van der Waals surface area contributed by atoms with Crippen LogP contribution in [0.1, 0.15) is 44.6 Å². The molecule has 0 saturated heterocycles. The standard InChI is InChI=1S/C18H29NO2/c1-4-6-7-8-9-13-21-17-11-10-16(14-18(17)20-3)15-19-12-5-2/h5,10-11,14,19H,2,4,6-9,12-13,15H2,1,3H3. The zero-order valence-electron chi connectivity index (χ0n) is 13.5. The highest BCUT2D eigenvalue weighted by molar-refractivity contribution is 5.42. The number of hydrogen-bond acceptors (Lipinski definition) is 3. The van der Waals surface area contributed by atoms with Gasteiger partial charge in [-0.05, 0) is 24.1 Å². The van der Waals surface area contributed by atoms with Crippen LogP contribution in [-0.2, 0) is 6.54 Å². The van der Waals surface area contributed by atoms with Crippen molar-refractivity contribution in [3.05, 3.63) is 36.4 Å². The van der Waals surface area contributed by atoms with E-state index in [-0.39, 0.29) is 0 Å². The van der Waals surface area contributed by atoms with Gasteiger partial charge in [0.15, 0.2) is 11.5 Å². The molecule has 118 valence electrons. The van der Waals surface area contributed by atoms with E-state index in [0.717, 1.165) is 37.6 Å². The molecule has 0 atom stereocenters. The number of ether oxygens (including phenoxy) is 2. The number of unbranched alkanes of at least 4 members (excludes halogenated alkanes) is 4. The van der Waals surface area contributed by atoms with E-state index in [1.54, 1.807) is 7.11 Å². The molecule has 0 heterocycles. The highest BCUT2D eigenvalue weighted by atomic mass is 16.5. The molecule has 1 rings (SSSR count). The molecule has 21 heavy (non-hydrogen) atoms. The molecule has 0 saturated carbocycles. The molecule has 0 aromatic heterocycles. The smallest absolute Gasteiger partial charge is 0.161 e. The van der Waals surface area contributed by atoms with Gasteiger partial charge in [0.1, 0.15) is 0 Å². The maximum absolute atomic E-state index is 5.83. The van der Waals surface area contributed by atoms with Gasteiger partial charge in [0.25, 0.3) is 0 Å². The normalized spacial score (nSPS) is 10.4. The summed E-state index contributed by atoms with van der Waals surface area (Å²) in [4.78, 5) is 0. The van der Waals surface area contributed by atoms with E-state index in [9.17, 15) is 0 Å². The topological polar surface area (TPSA) is 30.5 Å². The van der Waals surface area contributed by atoms with Gasteiger partial charge in [-0.1, -0.05) is 44.7 Å². The maximum atomic E-state index is 5.83.